The third-order valence-corrected chi connectivity index (χ3v) is 4.93. The van der Waals surface area contributed by atoms with Crippen molar-refractivity contribution in [3.05, 3.63) is 34.1 Å². The third kappa shape index (κ3) is 3.19. The lowest BCUT2D eigenvalue weighted by Gasteiger charge is -2.29. The van der Waals surface area contributed by atoms with E-state index in [1.807, 2.05) is 37.7 Å². The highest BCUT2D eigenvalue weighted by Crippen LogP contribution is 2.30. The lowest BCUT2D eigenvalue weighted by Crippen LogP contribution is -2.32. The number of hydrogen-bond acceptors (Lipinski definition) is 6. The van der Waals surface area contributed by atoms with Crippen LogP contribution in [0.4, 0.5) is 11.6 Å². The molecule has 24 heavy (non-hydrogen) atoms. The Balaban J connectivity index is 2.21. The zero-order chi connectivity index (χ0) is 17.1. The number of benzene rings is 1. The van der Waals surface area contributed by atoms with E-state index in [-0.39, 0.29) is 5.82 Å². The van der Waals surface area contributed by atoms with Gasteiger partial charge >= 0.3 is 5.56 Å². The number of nitrogens with one attached hydrogen (secondary N) is 1. The Morgan fingerprint density at radius 2 is 1.88 bits per heavy atom. The van der Waals surface area contributed by atoms with Gasteiger partial charge in [-0.2, -0.15) is 0 Å². The Bertz CT molecular complexity index is 786. The molecule has 0 amide bonds. The van der Waals surface area contributed by atoms with Gasteiger partial charge in [-0.3, -0.25) is 10.0 Å². The maximum Gasteiger partial charge on any atom is 0.315 e. The van der Waals surface area contributed by atoms with Crippen molar-refractivity contribution in [2.24, 2.45) is 0 Å². The molecule has 0 spiro atoms. The quantitative estimate of drug-likeness (QED) is 0.665. The summed E-state index contributed by atoms with van der Waals surface area (Å²) in [4.78, 5) is 22.9. The van der Waals surface area contributed by atoms with Gasteiger partial charge in [0.25, 0.3) is 0 Å². The highest BCUT2D eigenvalue weighted by Gasteiger charge is 2.21. The van der Waals surface area contributed by atoms with E-state index in [2.05, 4.69) is 14.9 Å². The van der Waals surface area contributed by atoms with E-state index in [9.17, 15) is 10.0 Å². The van der Waals surface area contributed by atoms with Gasteiger partial charge in [-0.15, -0.1) is 0 Å². The smallest absolute Gasteiger partial charge is 0.315 e. The van der Waals surface area contributed by atoms with Crippen LogP contribution in [0.15, 0.2) is 23.0 Å². The molecule has 1 saturated carbocycles. The monoisotopic (exact) mass is 328 g/mol. The SMILES string of the molecule is Cc1cccc2nc(=O)c(NO)nc(N(C)C3CCCCCC3)c12. The van der Waals surface area contributed by atoms with E-state index < -0.39 is 5.56 Å². The largest absolute Gasteiger partial charge is 0.356 e. The van der Waals surface area contributed by atoms with Crippen LogP contribution >= 0.6 is 0 Å². The summed E-state index contributed by atoms with van der Waals surface area (Å²) in [6.45, 7) is 1.99. The van der Waals surface area contributed by atoms with Crippen molar-refractivity contribution in [1.82, 2.24) is 9.97 Å². The second-order valence-electron chi connectivity index (χ2n) is 6.54. The summed E-state index contributed by atoms with van der Waals surface area (Å²) in [5.74, 6) is 0.558. The van der Waals surface area contributed by atoms with Crippen molar-refractivity contribution >= 4 is 22.5 Å². The van der Waals surface area contributed by atoms with Gasteiger partial charge in [-0.25, -0.2) is 15.4 Å². The molecule has 0 atom stereocenters. The molecule has 2 aromatic rings. The molecule has 3 rings (SSSR count). The number of hydrogen-bond donors (Lipinski definition) is 2. The zero-order valence-electron chi connectivity index (χ0n) is 14.2. The molecule has 1 heterocycles. The lowest BCUT2D eigenvalue weighted by atomic mass is 10.1. The Kier molecular flexibility index (Phi) is 4.94. The number of rotatable bonds is 3. The Morgan fingerprint density at radius 3 is 2.54 bits per heavy atom. The fourth-order valence-corrected chi connectivity index (χ4v) is 3.55. The van der Waals surface area contributed by atoms with Crippen LogP contribution in [0, 0.1) is 6.92 Å². The summed E-state index contributed by atoms with van der Waals surface area (Å²) in [5.41, 5.74) is 2.96. The van der Waals surface area contributed by atoms with E-state index in [1.54, 1.807) is 0 Å². The van der Waals surface area contributed by atoms with Gasteiger partial charge in [0.1, 0.15) is 5.82 Å². The first-order valence-corrected chi connectivity index (χ1v) is 8.56. The first kappa shape index (κ1) is 16.6. The van der Waals surface area contributed by atoms with E-state index in [4.69, 9.17) is 0 Å². The fourth-order valence-electron chi connectivity index (χ4n) is 3.55. The molecule has 2 N–H and O–H groups in total. The Labute approximate surface area is 141 Å². The van der Waals surface area contributed by atoms with Crippen LogP contribution < -0.4 is 15.9 Å². The van der Waals surface area contributed by atoms with Crippen LogP contribution in [0.5, 0.6) is 0 Å². The highest BCUT2D eigenvalue weighted by molar-refractivity contribution is 5.92. The minimum atomic E-state index is -0.561. The van der Waals surface area contributed by atoms with Gasteiger partial charge in [0.2, 0.25) is 5.82 Å². The predicted molar refractivity (Wildman–Crippen MR) is 95.8 cm³/mol. The molecular formula is C18H24N4O2. The van der Waals surface area contributed by atoms with Crippen LogP contribution in [0.3, 0.4) is 0 Å². The molecule has 1 fully saturated rings. The summed E-state index contributed by atoms with van der Waals surface area (Å²) >= 11 is 0. The predicted octanol–water partition coefficient (Wildman–Crippen LogP) is 3.26. The molecule has 1 aromatic heterocycles. The molecular weight excluding hydrogens is 304 g/mol. The summed E-state index contributed by atoms with van der Waals surface area (Å²) < 4.78 is 0. The summed E-state index contributed by atoms with van der Waals surface area (Å²) in [6, 6.07) is 6.07. The molecule has 0 bridgehead atoms. The van der Waals surface area contributed by atoms with Crippen LogP contribution in [-0.4, -0.2) is 28.3 Å². The van der Waals surface area contributed by atoms with Crippen molar-refractivity contribution < 1.29 is 5.21 Å². The molecule has 0 saturated heterocycles. The number of nitrogens with zero attached hydrogens (tertiary/aromatic N) is 3. The maximum absolute atomic E-state index is 12.2. The highest BCUT2D eigenvalue weighted by atomic mass is 16.5. The number of aromatic nitrogens is 2. The minimum Gasteiger partial charge on any atom is -0.356 e. The van der Waals surface area contributed by atoms with Crippen molar-refractivity contribution in [3.63, 3.8) is 0 Å². The van der Waals surface area contributed by atoms with Gasteiger partial charge in [0, 0.05) is 18.5 Å². The second-order valence-corrected chi connectivity index (χ2v) is 6.54. The Morgan fingerprint density at radius 1 is 1.17 bits per heavy atom. The average Bonchev–Trinajstić information content (AvgIpc) is 2.92. The van der Waals surface area contributed by atoms with Crippen molar-refractivity contribution in [1.29, 1.82) is 0 Å². The summed E-state index contributed by atoms with van der Waals surface area (Å²) in [6.07, 6.45) is 7.20. The van der Waals surface area contributed by atoms with E-state index in [0.29, 0.717) is 17.4 Å². The molecule has 128 valence electrons. The van der Waals surface area contributed by atoms with Gasteiger partial charge in [0.05, 0.1) is 5.52 Å². The van der Waals surface area contributed by atoms with Crippen LogP contribution in [-0.2, 0) is 0 Å². The number of anilines is 2. The minimum absolute atomic E-state index is 0.138. The van der Waals surface area contributed by atoms with Crippen LogP contribution in [0.1, 0.15) is 44.1 Å². The first-order valence-electron chi connectivity index (χ1n) is 8.56. The number of aryl methyl sites for hydroxylation is 1. The van der Waals surface area contributed by atoms with Gasteiger partial charge in [0.15, 0.2) is 0 Å². The van der Waals surface area contributed by atoms with Crippen LogP contribution in [0.2, 0.25) is 0 Å². The first-order chi connectivity index (χ1) is 11.6. The zero-order valence-corrected chi connectivity index (χ0v) is 14.2. The lowest BCUT2D eigenvalue weighted by molar-refractivity contribution is 0.385. The van der Waals surface area contributed by atoms with Crippen molar-refractivity contribution in [2.45, 2.75) is 51.5 Å². The maximum atomic E-state index is 12.2. The fraction of sp³-hybridized carbons (Fsp3) is 0.500. The standard InChI is InChI=1S/C18H24N4O2/c1-12-8-7-11-14-15(12)17(20-16(21-24)18(23)19-14)22(2)13-9-5-3-4-6-10-13/h7-8,11,13,24H,3-6,9-10H2,1-2H3,(H,19,20,21,23). The molecule has 0 aliphatic heterocycles. The van der Waals surface area contributed by atoms with E-state index >= 15 is 0 Å². The van der Waals surface area contributed by atoms with Gasteiger partial charge in [-0.05, 0) is 31.4 Å². The van der Waals surface area contributed by atoms with Gasteiger partial charge < -0.3 is 4.90 Å². The molecule has 6 heteroatoms. The summed E-state index contributed by atoms with van der Waals surface area (Å²) in [7, 11) is 2.02. The van der Waals surface area contributed by atoms with Gasteiger partial charge in [-0.1, -0.05) is 37.8 Å². The normalized spacial score (nSPS) is 16.0. The topological polar surface area (TPSA) is 78.3 Å². The molecule has 6 nitrogen and oxygen atoms in total. The summed E-state index contributed by atoms with van der Waals surface area (Å²) in [5, 5.41) is 10.2. The second kappa shape index (κ2) is 7.13. The molecule has 1 aliphatic rings. The van der Waals surface area contributed by atoms with Crippen LogP contribution in [0.25, 0.3) is 10.9 Å². The number of fused-ring (bicyclic) bond motifs is 1. The molecule has 1 aromatic carbocycles. The average molecular weight is 328 g/mol. The van der Waals surface area contributed by atoms with Crippen molar-refractivity contribution in [3.8, 4) is 0 Å². The third-order valence-electron chi connectivity index (χ3n) is 4.93. The molecule has 1 aliphatic carbocycles. The molecule has 0 unspecified atom stereocenters. The van der Waals surface area contributed by atoms with Crippen molar-refractivity contribution in [2.75, 3.05) is 17.4 Å². The Hall–Kier alpha value is -2.21. The van der Waals surface area contributed by atoms with E-state index in [1.165, 1.54) is 25.7 Å². The van der Waals surface area contributed by atoms with E-state index in [0.717, 1.165) is 23.8 Å². The molecule has 0 radical (unpaired) electrons.